The number of benzene rings is 1. The van der Waals surface area contributed by atoms with Gasteiger partial charge in [-0.05, 0) is 16.6 Å². The molecule has 0 aliphatic heterocycles. The van der Waals surface area contributed by atoms with Crippen LogP contribution in [0.2, 0.25) is 0 Å². The van der Waals surface area contributed by atoms with Gasteiger partial charge in [-0.1, -0.05) is 6.07 Å². The molecule has 0 spiro atoms. The fourth-order valence-corrected chi connectivity index (χ4v) is 1.76. The topological polar surface area (TPSA) is 116 Å². The lowest BCUT2D eigenvalue weighted by Gasteiger charge is -2.04. The number of rotatable bonds is 5. The third-order valence-corrected chi connectivity index (χ3v) is 2.69. The van der Waals surface area contributed by atoms with Crippen molar-refractivity contribution in [2.45, 2.75) is 6.54 Å². The van der Waals surface area contributed by atoms with Gasteiger partial charge in [0, 0.05) is 13.1 Å². The van der Waals surface area contributed by atoms with Crippen LogP contribution in [-0.4, -0.2) is 26.7 Å². The summed E-state index contributed by atoms with van der Waals surface area (Å²) in [5.74, 6) is -0.258. The first-order chi connectivity index (χ1) is 9.51. The van der Waals surface area contributed by atoms with Crippen molar-refractivity contribution in [1.82, 2.24) is 9.78 Å². The van der Waals surface area contributed by atoms with E-state index in [-0.39, 0.29) is 18.1 Å². The molecule has 0 amide bonds. The highest BCUT2D eigenvalue weighted by molar-refractivity contribution is 5.62. The molecule has 0 unspecified atom stereocenters. The molecule has 1 aromatic carbocycles. The summed E-state index contributed by atoms with van der Waals surface area (Å²) in [6, 6.07) is 5.98. The van der Waals surface area contributed by atoms with Crippen LogP contribution in [0.4, 0.5) is 17.2 Å². The van der Waals surface area contributed by atoms with Crippen molar-refractivity contribution < 1.29 is 9.85 Å². The van der Waals surface area contributed by atoms with Gasteiger partial charge in [0.1, 0.15) is 5.69 Å². The summed E-state index contributed by atoms with van der Waals surface area (Å²) in [6.07, 6.45) is 1.45. The molecule has 9 heteroatoms. The zero-order valence-corrected chi connectivity index (χ0v) is 10.5. The Morgan fingerprint density at radius 1 is 1.25 bits per heavy atom. The van der Waals surface area contributed by atoms with Crippen molar-refractivity contribution in [3.05, 3.63) is 56.3 Å². The van der Waals surface area contributed by atoms with Gasteiger partial charge in [0.15, 0.2) is 0 Å². The molecule has 104 valence electrons. The zero-order valence-electron chi connectivity index (χ0n) is 10.5. The van der Waals surface area contributed by atoms with Gasteiger partial charge in [-0.3, -0.25) is 10.1 Å². The monoisotopic (exact) mass is 277 g/mol. The highest BCUT2D eigenvalue weighted by Crippen LogP contribution is 2.25. The van der Waals surface area contributed by atoms with Crippen LogP contribution in [0.25, 0.3) is 0 Å². The Morgan fingerprint density at radius 3 is 2.55 bits per heavy atom. The van der Waals surface area contributed by atoms with E-state index in [9.17, 15) is 20.2 Å². The van der Waals surface area contributed by atoms with E-state index < -0.39 is 9.85 Å². The van der Waals surface area contributed by atoms with E-state index in [4.69, 9.17) is 0 Å². The number of nitrogens with zero attached hydrogens (tertiary/aromatic N) is 4. The minimum Gasteiger partial charge on any atom is -0.383 e. The maximum Gasteiger partial charge on any atom is 0.389 e. The second-order valence-corrected chi connectivity index (χ2v) is 3.99. The molecule has 20 heavy (non-hydrogen) atoms. The van der Waals surface area contributed by atoms with Crippen molar-refractivity contribution in [2.24, 2.45) is 0 Å². The summed E-state index contributed by atoms with van der Waals surface area (Å²) in [5.41, 5.74) is 0.991. The average molecular weight is 277 g/mol. The normalized spacial score (nSPS) is 10.2. The van der Waals surface area contributed by atoms with E-state index in [2.05, 4.69) is 10.4 Å². The first kappa shape index (κ1) is 13.5. The Hall–Kier alpha value is -2.97. The van der Waals surface area contributed by atoms with Crippen LogP contribution >= 0.6 is 0 Å². The van der Waals surface area contributed by atoms with Gasteiger partial charge in [-0.2, -0.15) is 4.68 Å². The Bertz CT molecular complexity index is 667. The number of hydrogen-bond acceptors (Lipinski definition) is 6. The fourth-order valence-electron chi connectivity index (χ4n) is 1.76. The molecule has 2 aromatic rings. The fraction of sp³-hybridized carbons (Fsp3) is 0.182. The van der Waals surface area contributed by atoms with Gasteiger partial charge in [-0.15, -0.1) is 0 Å². The van der Waals surface area contributed by atoms with E-state index in [1.54, 1.807) is 19.2 Å². The van der Waals surface area contributed by atoms with E-state index in [1.165, 1.54) is 23.0 Å². The summed E-state index contributed by atoms with van der Waals surface area (Å²) in [6.45, 7) is 0.221. The predicted octanol–water partition coefficient (Wildman–Crippen LogP) is 1.79. The highest BCUT2D eigenvalue weighted by atomic mass is 16.6. The molecular weight excluding hydrogens is 266 g/mol. The summed E-state index contributed by atoms with van der Waals surface area (Å²) in [5, 5.41) is 27.9. The largest absolute Gasteiger partial charge is 0.389 e. The highest BCUT2D eigenvalue weighted by Gasteiger charge is 2.15. The van der Waals surface area contributed by atoms with Gasteiger partial charge in [0.05, 0.1) is 28.8 Å². The zero-order chi connectivity index (χ0) is 14.7. The number of nitrogens with one attached hydrogen (secondary N) is 1. The molecule has 0 saturated heterocycles. The molecule has 0 saturated carbocycles. The molecule has 0 atom stereocenters. The van der Waals surface area contributed by atoms with Crippen molar-refractivity contribution in [1.29, 1.82) is 0 Å². The first-order valence-electron chi connectivity index (χ1n) is 5.64. The number of hydrogen-bond donors (Lipinski definition) is 1. The predicted molar refractivity (Wildman–Crippen MR) is 70.6 cm³/mol. The van der Waals surface area contributed by atoms with Crippen LogP contribution in [-0.2, 0) is 6.54 Å². The molecule has 0 radical (unpaired) electrons. The minimum absolute atomic E-state index is 0.0494. The van der Waals surface area contributed by atoms with Crippen molar-refractivity contribution >= 4 is 17.2 Å². The van der Waals surface area contributed by atoms with E-state index in [0.717, 1.165) is 0 Å². The van der Waals surface area contributed by atoms with E-state index in [1.807, 2.05) is 0 Å². The molecule has 0 fully saturated rings. The van der Waals surface area contributed by atoms with Crippen LogP contribution in [0, 0.1) is 20.2 Å². The van der Waals surface area contributed by atoms with E-state index >= 15 is 0 Å². The summed E-state index contributed by atoms with van der Waals surface area (Å²) >= 11 is 0. The molecule has 0 bridgehead atoms. The SMILES string of the molecule is CNc1ccc(Cn2ccc([N+](=O)[O-])n2)cc1[N+](=O)[O-]. The minimum atomic E-state index is -0.594. The first-order valence-corrected chi connectivity index (χ1v) is 5.64. The van der Waals surface area contributed by atoms with Crippen molar-refractivity contribution in [3.63, 3.8) is 0 Å². The van der Waals surface area contributed by atoms with Crippen LogP contribution in [0.5, 0.6) is 0 Å². The molecule has 1 N–H and O–H groups in total. The molecular formula is C11H11N5O4. The quantitative estimate of drug-likeness (QED) is 0.657. The van der Waals surface area contributed by atoms with Gasteiger partial charge >= 0.3 is 5.82 Å². The second kappa shape index (κ2) is 5.34. The van der Waals surface area contributed by atoms with Crippen LogP contribution in [0.1, 0.15) is 5.56 Å². The maximum atomic E-state index is 10.9. The van der Waals surface area contributed by atoms with Crippen molar-refractivity contribution in [3.8, 4) is 0 Å². The van der Waals surface area contributed by atoms with Crippen LogP contribution < -0.4 is 5.32 Å². The Labute approximate surface area is 113 Å². The molecule has 1 heterocycles. The Morgan fingerprint density at radius 2 is 2.00 bits per heavy atom. The van der Waals surface area contributed by atoms with Gasteiger partial charge in [0.25, 0.3) is 5.69 Å². The molecule has 2 rings (SSSR count). The molecule has 0 aliphatic carbocycles. The van der Waals surface area contributed by atoms with E-state index in [0.29, 0.717) is 11.3 Å². The Balaban J connectivity index is 2.26. The number of aromatic nitrogens is 2. The maximum absolute atomic E-state index is 10.9. The smallest absolute Gasteiger partial charge is 0.383 e. The third-order valence-electron chi connectivity index (χ3n) is 2.69. The van der Waals surface area contributed by atoms with Crippen molar-refractivity contribution in [2.75, 3.05) is 12.4 Å². The Kier molecular flexibility index (Phi) is 3.60. The lowest BCUT2D eigenvalue weighted by atomic mass is 10.1. The summed E-state index contributed by atoms with van der Waals surface area (Å²) < 4.78 is 1.36. The second-order valence-electron chi connectivity index (χ2n) is 3.99. The number of anilines is 1. The summed E-state index contributed by atoms with van der Waals surface area (Å²) in [7, 11) is 1.60. The molecule has 1 aromatic heterocycles. The standard InChI is InChI=1S/C11H11N5O4/c1-12-9-3-2-8(6-10(9)15(17)18)7-14-5-4-11(13-14)16(19)20/h2-6,12H,7H2,1H3. The number of nitro benzene ring substituents is 1. The van der Waals surface area contributed by atoms with Gasteiger partial charge in [0.2, 0.25) is 0 Å². The lowest BCUT2D eigenvalue weighted by Crippen LogP contribution is -2.03. The molecule has 9 nitrogen and oxygen atoms in total. The van der Waals surface area contributed by atoms with Gasteiger partial charge in [-0.25, -0.2) is 0 Å². The average Bonchev–Trinajstić information content (AvgIpc) is 2.87. The molecule has 0 aliphatic rings. The lowest BCUT2D eigenvalue weighted by molar-refractivity contribution is -0.389. The van der Waals surface area contributed by atoms with Gasteiger partial charge < -0.3 is 15.4 Å². The third kappa shape index (κ3) is 2.71. The van der Waals surface area contributed by atoms with Crippen LogP contribution in [0.15, 0.2) is 30.5 Å². The van der Waals surface area contributed by atoms with Crippen LogP contribution in [0.3, 0.4) is 0 Å². The number of nitro groups is 2. The summed E-state index contributed by atoms with van der Waals surface area (Å²) in [4.78, 5) is 20.4.